The topological polar surface area (TPSA) is 51.8 Å². The summed E-state index contributed by atoms with van der Waals surface area (Å²) in [4.78, 5) is 8.85. The lowest BCUT2D eigenvalue weighted by molar-refractivity contribution is 0.502. The number of benzene rings is 1. The molecule has 0 radical (unpaired) electrons. The Morgan fingerprint density at radius 3 is 2.58 bits per heavy atom. The highest BCUT2D eigenvalue weighted by molar-refractivity contribution is 5.59. The van der Waals surface area contributed by atoms with Crippen molar-refractivity contribution in [1.29, 1.82) is 0 Å². The molecule has 1 aromatic carbocycles. The first kappa shape index (κ1) is 13.6. The molecule has 1 aromatic heterocycles. The summed E-state index contributed by atoms with van der Waals surface area (Å²) < 4.78 is 13.3. The Morgan fingerprint density at radius 1 is 1.21 bits per heavy atom. The predicted molar refractivity (Wildman–Crippen MR) is 74.1 cm³/mol. The highest BCUT2D eigenvalue weighted by Gasteiger charge is 2.15. The van der Waals surface area contributed by atoms with Gasteiger partial charge in [-0.25, -0.2) is 14.4 Å². The molecule has 2 rings (SSSR count). The third-order valence-corrected chi connectivity index (χ3v) is 2.63. The molecule has 0 fully saturated rings. The maximum absolute atomic E-state index is 13.3. The average Bonchev–Trinajstić information content (AvgIpc) is 2.25. The molecule has 0 unspecified atom stereocenters. The van der Waals surface area contributed by atoms with E-state index >= 15 is 0 Å². The average molecular weight is 259 g/mol. The quantitative estimate of drug-likeness (QED) is 0.922. The minimum Gasteiger partial charge on any atom is -0.325 e. The number of rotatable bonds is 3. The van der Waals surface area contributed by atoms with Crippen LogP contribution in [0.2, 0.25) is 0 Å². The largest absolute Gasteiger partial charge is 0.325 e. The summed E-state index contributed by atoms with van der Waals surface area (Å²) in [6.07, 6.45) is 0.580. The number of nitrogens with zero attached hydrogens (tertiary/aromatic N) is 2. The Labute approximate surface area is 112 Å². The van der Waals surface area contributed by atoms with Crippen LogP contribution in [0.3, 0.4) is 0 Å². The van der Waals surface area contributed by atoms with Crippen molar-refractivity contribution in [2.24, 2.45) is 5.73 Å². The fourth-order valence-electron chi connectivity index (χ4n) is 1.91. The summed E-state index contributed by atoms with van der Waals surface area (Å²) in [5.74, 6) is 0.418. The van der Waals surface area contributed by atoms with E-state index in [4.69, 9.17) is 5.73 Å². The van der Waals surface area contributed by atoms with E-state index in [0.717, 1.165) is 17.0 Å². The van der Waals surface area contributed by atoms with Gasteiger partial charge in [-0.3, -0.25) is 0 Å². The van der Waals surface area contributed by atoms with Crippen LogP contribution in [0.15, 0.2) is 30.3 Å². The van der Waals surface area contributed by atoms with E-state index in [1.807, 2.05) is 32.9 Å². The Bertz CT molecular complexity index is 588. The fraction of sp³-hybridized carbons (Fsp3) is 0.333. The first-order valence-electron chi connectivity index (χ1n) is 6.23. The molecular formula is C15H18FN3. The molecule has 0 atom stereocenters. The maximum Gasteiger partial charge on any atom is 0.131 e. The lowest BCUT2D eigenvalue weighted by Crippen LogP contribution is -2.35. The number of nitrogens with two attached hydrogens (primary N) is 1. The molecule has 19 heavy (non-hydrogen) atoms. The van der Waals surface area contributed by atoms with Crippen molar-refractivity contribution in [3.63, 3.8) is 0 Å². The lowest BCUT2D eigenvalue weighted by Gasteiger charge is -2.17. The molecule has 0 aliphatic rings. The Kier molecular flexibility index (Phi) is 3.62. The van der Waals surface area contributed by atoms with E-state index < -0.39 is 0 Å². The van der Waals surface area contributed by atoms with Crippen molar-refractivity contribution in [2.75, 3.05) is 0 Å². The van der Waals surface area contributed by atoms with Crippen LogP contribution in [0.4, 0.5) is 4.39 Å². The van der Waals surface area contributed by atoms with Gasteiger partial charge in [-0.2, -0.15) is 0 Å². The van der Waals surface area contributed by atoms with Crippen molar-refractivity contribution < 1.29 is 4.39 Å². The second-order valence-electron chi connectivity index (χ2n) is 5.49. The summed E-state index contributed by atoms with van der Waals surface area (Å²) in [7, 11) is 0. The number of aryl methyl sites for hydroxylation is 1. The van der Waals surface area contributed by atoms with Gasteiger partial charge in [0.1, 0.15) is 11.6 Å². The van der Waals surface area contributed by atoms with Crippen LogP contribution >= 0.6 is 0 Å². The smallest absolute Gasteiger partial charge is 0.131 e. The zero-order valence-electron chi connectivity index (χ0n) is 11.4. The summed E-state index contributed by atoms with van der Waals surface area (Å²) in [5, 5.41) is 0. The molecule has 3 nitrogen and oxygen atoms in total. The van der Waals surface area contributed by atoms with Crippen molar-refractivity contribution in [3.8, 4) is 11.3 Å². The minimum absolute atomic E-state index is 0.269. The third kappa shape index (κ3) is 3.83. The van der Waals surface area contributed by atoms with Gasteiger partial charge in [0, 0.05) is 23.2 Å². The highest BCUT2D eigenvalue weighted by Crippen LogP contribution is 2.19. The Morgan fingerprint density at radius 2 is 1.95 bits per heavy atom. The van der Waals surface area contributed by atoms with Crippen LogP contribution in [-0.4, -0.2) is 15.5 Å². The van der Waals surface area contributed by atoms with E-state index in [1.165, 1.54) is 12.1 Å². The van der Waals surface area contributed by atoms with E-state index in [9.17, 15) is 4.39 Å². The zero-order valence-corrected chi connectivity index (χ0v) is 11.4. The Hall–Kier alpha value is -1.81. The monoisotopic (exact) mass is 259 g/mol. The van der Waals surface area contributed by atoms with Gasteiger partial charge >= 0.3 is 0 Å². The molecule has 2 aromatic rings. The second kappa shape index (κ2) is 5.05. The van der Waals surface area contributed by atoms with Gasteiger partial charge in [-0.15, -0.1) is 0 Å². The minimum atomic E-state index is -0.368. The molecule has 1 heterocycles. The van der Waals surface area contributed by atoms with E-state index in [1.54, 1.807) is 6.07 Å². The normalized spacial score (nSPS) is 11.6. The summed E-state index contributed by atoms with van der Waals surface area (Å²) >= 11 is 0. The maximum atomic E-state index is 13.3. The van der Waals surface area contributed by atoms with Gasteiger partial charge < -0.3 is 5.73 Å². The number of hydrogen-bond acceptors (Lipinski definition) is 3. The van der Waals surface area contributed by atoms with Crippen LogP contribution in [0, 0.1) is 12.7 Å². The van der Waals surface area contributed by atoms with Gasteiger partial charge in [-0.05, 0) is 39.0 Å². The van der Waals surface area contributed by atoms with Gasteiger partial charge in [0.25, 0.3) is 0 Å². The molecule has 0 saturated heterocycles. The molecule has 0 aliphatic carbocycles. The first-order chi connectivity index (χ1) is 8.83. The molecule has 100 valence electrons. The number of hydrogen-bond donors (Lipinski definition) is 1. The first-order valence-corrected chi connectivity index (χ1v) is 6.23. The van der Waals surface area contributed by atoms with E-state index in [0.29, 0.717) is 12.2 Å². The van der Waals surface area contributed by atoms with Gasteiger partial charge in [0.2, 0.25) is 0 Å². The molecule has 0 saturated carbocycles. The summed E-state index contributed by atoms with van der Waals surface area (Å²) in [6, 6.07) is 8.25. The molecule has 2 N–H and O–H groups in total. The van der Waals surface area contributed by atoms with Gasteiger partial charge in [0.05, 0.1) is 5.69 Å². The SMILES string of the molecule is Cc1cc(-c2cccc(F)c2)nc(CC(C)(C)N)n1. The van der Waals surface area contributed by atoms with Crippen LogP contribution in [0.1, 0.15) is 25.4 Å². The number of halogens is 1. The third-order valence-electron chi connectivity index (χ3n) is 2.63. The van der Waals surface area contributed by atoms with Crippen LogP contribution in [-0.2, 0) is 6.42 Å². The standard InChI is InChI=1S/C15H18FN3/c1-10-7-13(11-5-4-6-12(16)8-11)19-14(18-10)9-15(2,3)17/h4-8H,9,17H2,1-3H3. The van der Waals surface area contributed by atoms with Crippen LogP contribution < -0.4 is 5.73 Å². The highest BCUT2D eigenvalue weighted by atomic mass is 19.1. The Balaban J connectivity index is 2.42. The zero-order chi connectivity index (χ0) is 14.0. The van der Waals surface area contributed by atoms with Gasteiger partial charge in [-0.1, -0.05) is 12.1 Å². The van der Waals surface area contributed by atoms with E-state index in [2.05, 4.69) is 9.97 Å². The lowest BCUT2D eigenvalue weighted by atomic mass is 10.0. The molecule has 0 amide bonds. The van der Waals surface area contributed by atoms with Gasteiger partial charge in [0.15, 0.2) is 0 Å². The molecule has 0 spiro atoms. The summed E-state index contributed by atoms with van der Waals surface area (Å²) in [6.45, 7) is 5.76. The fourth-order valence-corrected chi connectivity index (χ4v) is 1.91. The van der Waals surface area contributed by atoms with Crippen LogP contribution in [0.25, 0.3) is 11.3 Å². The molecule has 0 aliphatic heterocycles. The number of aromatic nitrogens is 2. The van der Waals surface area contributed by atoms with Crippen molar-refractivity contribution in [3.05, 3.63) is 47.7 Å². The van der Waals surface area contributed by atoms with Crippen molar-refractivity contribution >= 4 is 0 Å². The molecular weight excluding hydrogens is 241 g/mol. The van der Waals surface area contributed by atoms with Crippen molar-refractivity contribution in [2.45, 2.75) is 32.7 Å². The van der Waals surface area contributed by atoms with E-state index in [-0.39, 0.29) is 11.4 Å². The second-order valence-corrected chi connectivity index (χ2v) is 5.49. The molecule has 0 bridgehead atoms. The molecule has 4 heteroatoms. The van der Waals surface area contributed by atoms with Crippen molar-refractivity contribution in [1.82, 2.24) is 9.97 Å². The summed E-state index contributed by atoms with van der Waals surface area (Å²) in [5.41, 5.74) is 7.96. The van der Waals surface area contributed by atoms with Crippen LogP contribution in [0.5, 0.6) is 0 Å². The predicted octanol–water partition coefficient (Wildman–Crippen LogP) is 2.87.